The van der Waals surface area contributed by atoms with E-state index in [-0.39, 0.29) is 32.2 Å². The number of carbonyl (C=O) groups is 3. The Morgan fingerprint density at radius 2 is 0.630 bits per heavy atom. The molecule has 2 atom stereocenters. The van der Waals surface area contributed by atoms with Gasteiger partial charge in [0.1, 0.15) is 13.2 Å². The van der Waals surface area contributed by atoms with E-state index in [2.05, 4.69) is 38.2 Å². The lowest BCUT2D eigenvalue weighted by Crippen LogP contribution is -2.44. The number of quaternary nitrogens is 1. The number of ether oxygens (including phenoxy) is 4. The molecule has 0 aliphatic rings. The van der Waals surface area contributed by atoms with Crippen molar-refractivity contribution in [1.82, 2.24) is 0 Å². The summed E-state index contributed by atoms with van der Waals surface area (Å²) in [5.74, 6) is -2.25. The van der Waals surface area contributed by atoms with Crippen LogP contribution in [0.3, 0.4) is 0 Å². The van der Waals surface area contributed by atoms with E-state index in [9.17, 15) is 19.5 Å². The number of hydrogen-bond donors (Lipinski definition) is 0. The number of nitrogens with zero attached hydrogens (tertiary/aromatic N) is 1. The van der Waals surface area contributed by atoms with Gasteiger partial charge in [0.05, 0.1) is 40.3 Å². The van der Waals surface area contributed by atoms with E-state index in [1.807, 2.05) is 21.1 Å². The molecular formula is C72H137NO8. The summed E-state index contributed by atoms with van der Waals surface area (Å²) >= 11 is 0. The maximum absolute atomic E-state index is 12.9. The normalized spacial score (nSPS) is 12.8. The van der Waals surface area contributed by atoms with Crippen LogP contribution in [0.4, 0.5) is 0 Å². The van der Waals surface area contributed by atoms with Crippen LogP contribution in [0, 0.1) is 0 Å². The molecule has 0 bridgehead atoms. The van der Waals surface area contributed by atoms with Crippen molar-refractivity contribution < 1.29 is 42.9 Å². The Morgan fingerprint density at radius 1 is 0.358 bits per heavy atom. The molecule has 0 rings (SSSR count). The lowest BCUT2D eigenvalue weighted by molar-refractivity contribution is -0.870. The Kier molecular flexibility index (Phi) is 62.0. The standard InChI is InChI=1S/C72H137NO8/c1-6-8-10-12-14-16-18-20-22-24-26-28-30-32-34-35-37-39-41-43-45-47-49-51-53-55-57-59-61-63-70(75)81-68(67-80-72(71(76)77)78-65-64-73(3,4)5)66-79-69(74)62-60-58-56-54-52-50-48-46-44-42-40-38-36-33-31-29-27-25-23-21-19-17-15-13-11-9-7-2/h24-27,68,72H,6-23,28-67H2,1-5H3/b26-24-,27-25-. The quantitative estimate of drug-likeness (QED) is 0.0195. The lowest BCUT2D eigenvalue weighted by Gasteiger charge is -2.26. The topological polar surface area (TPSA) is 111 Å². The van der Waals surface area contributed by atoms with Crippen LogP contribution >= 0.6 is 0 Å². The average molecular weight is 1140 g/mol. The van der Waals surface area contributed by atoms with Crippen LogP contribution in [0.15, 0.2) is 24.3 Å². The molecule has 0 aromatic carbocycles. The third kappa shape index (κ3) is 65.2. The van der Waals surface area contributed by atoms with Crippen LogP contribution in [-0.2, 0) is 33.3 Å². The van der Waals surface area contributed by atoms with E-state index >= 15 is 0 Å². The van der Waals surface area contributed by atoms with Gasteiger partial charge < -0.3 is 33.3 Å². The second kappa shape index (κ2) is 63.8. The van der Waals surface area contributed by atoms with Gasteiger partial charge in [0.2, 0.25) is 0 Å². The van der Waals surface area contributed by atoms with Crippen molar-refractivity contribution in [1.29, 1.82) is 0 Å². The summed E-state index contributed by atoms with van der Waals surface area (Å²) < 4.78 is 22.8. The van der Waals surface area contributed by atoms with Crippen molar-refractivity contribution in [3.8, 4) is 0 Å². The fourth-order valence-electron chi connectivity index (χ4n) is 10.7. The van der Waals surface area contributed by atoms with Gasteiger partial charge in [0, 0.05) is 12.8 Å². The molecule has 0 amide bonds. The maximum atomic E-state index is 12.9. The van der Waals surface area contributed by atoms with Gasteiger partial charge >= 0.3 is 11.9 Å². The molecule has 478 valence electrons. The number of carbonyl (C=O) groups excluding carboxylic acids is 3. The van der Waals surface area contributed by atoms with E-state index in [4.69, 9.17) is 18.9 Å². The maximum Gasteiger partial charge on any atom is 0.306 e. The van der Waals surface area contributed by atoms with Crippen molar-refractivity contribution in [3.63, 3.8) is 0 Å². The zero-order valence-electron chi connectivity index (χ0n) is 54.7. The summed E-state index contributed by atoms with van der Waals surface area (Å²) in [6.07, 6.45) is 75.5. The van der Waals surface area contributed by atoms with E-state index < -0.39 is 24.3 Å². The molecule has 0 heterocycles. The first-order chi connectivity index (χ1) is 39.6. The molecule has 0 aliphatic heterocycles. The largest absolute Gasteiger partial charge is 0.545 e. The number of rotatable bonds is 67. The monoisotopic (exact) mass is 1140 g/mol. The van der Waals surface area contributed by atoms with Crippen molar-refractivity contribution in [2.45, 2.75) is 373 Å². The molecule has 0 aromatic heterocycles. The van der Waals surface area contributed by atoms with Crippen molar-refractivity contribution in [2.24, 2.45) is 0 Å². The number of carboxylic acids is 1. The second-order valence-electron chi connectivity index (χ2n) is 25.5. The van der Waals surface area contributed by atoms with Crippen molar-refractivity contribution in [2.75, 3.05) is 47.5 Å². The third-order valence-corrected chi connectivity index (χ3v) is 16.2. The molecule has 0 fully saturated rings. The highest BCUT2D eigenvalue weighted by molar-refractivity contribution is 5.70. The zero-order valence-corrected chi connectivity index (χ0v) is 54.7. The minimum absolute atomic E-state index is 0.151. The molecule has 0 aliphatic carbocycles. The smallest absolute Gasteiger partial charge is 0.306 e. The highest BCUT2D eigenvalue weighted by Crippen LogP contribution is 2.19. The molecule has 81 heavy (non-hydrogen) atoms. The Morgan fingerprint density at radius 3 is 0.914 bits per heavy atom. The first kappa shape index (κ1) is 78.8. The zero-order chi connectivity index (χ0) is 59.1. The first-order valence-electron chi connectivity index (χ1n) is 35.5. The molecule has 2 unspecified atom stereocenters. The molecule has 0 radical (unpaired) electrons. The van der Waals surface area contributed by atoms with Crippen molar-refractivity contribution in [3.05, 3.63) is 24.3 Å². The lowest BCUT2D eigenvalue weighted by atomic mass is 10.0. The number of hydrogen-bond acceptors (Lipinski definition) is 8. The van der Waals surface area contributed by atoms with Crippen LogP contribution in [0.25, 0.3) is 0 Å². The van der Waals surface area contributed by atoms with Gasteiger partial charge in [-0.15, -0.1) is 0 Å². The third-order valence-electron chi connectivity index (χ3n) is 16.2. The summed E-state index contributed by atoms with van der Waals surface area (Å²) in [5.41, 5.74) is 0. The number of likely N-dealkylation sites (N-methyl/N-ethyl adjacent to an activating group) is 1. The summed E-state index contributed by atoms with van der Waals surface area (Å²) in [5, 5.41) is 11.8. The second-order valence-corrected chi connectivity index (χ2v) is 25.5. The van der Waals surface area contributed by atoms with Gasteiger partial charge in [-0.05, 0) is 64.2 Å². The molecule has 0 saturated heterocycles. The molecular weight excluding hydrogens is 1010 g/mol. The van der Waals surface area contributed by atoms with Gasteiger partial charge in [0.25, 0.3) is 0 Å². The van der Waals surface area contributed by atoms with Gasteiger partial charge in [-0.25, -0.2) is 0 Å². The van der Waals surface area contributed by atoms with E-state index in [1.54, 1.807) is 0 Å². The SMILES string of the molecule is CCCCCCCCCC/C=C\CCCCCCCCCCCCCCCCCCCC(=O)OC(COC(=O)CCCCCCCCCCCCCCCCC/C=C\CCCCCCCCCC)COC(OCC[N+](C)(C)C)C(=O)[O-]. The number of unbranched alkanes of at least 4 members (excludes halogenated alkanes) is 48. The van der Waals surface area contributed by atoms with E-state index in [0.717, 1.165) is 38.5 Å². The van der Waals surface area contributed by atoms with Gasteiger partial charge in [0.15, 0.2) is 12.4 Å². The predicted molar refractivity (Wildman–Crippen MR) is 343 cm³/mol. The van der Waals surface area contributed by atoms with Crippen LogP contribution in [0.2, 0.25) is 0 Å². The summed E-state index contributed by atoms with van der Waals surface area (Å²) in [6, 6.07) is 0. The van der Waals surface area contributed by atoms with Crippen LogP contribution in [0.1, 0.15) is 361 Å². The molecule has 0 N–H and O–H groups in total. The average Bonchev–Trinajstić information content (AvgIpc) is 3.44. The predicted octanol–water partition coefficient (Wildman–Crippen LogP) is 20.5. The minimum Gasteiger partial charge on any atom is -0.545 e. The molecule has 0 spiro atoms. The number of allylic oxidation sites excluding steroid dienone is 4. The number of esters is 2. The summed E-state index contributed by atoms with van der Waals surface area (Å²) in [4.78, 5) is 37.5. The molecule has 0 aromatic rings. The molecule has 9 heteroatoms. The van der Waals surface area contributed by atoms with Crippen molar-refractivity contribution >= 4 is 17.9 Å². The Bertz CT molecular complexity index is 1380. The Hall–Kier alpha value is -2.23. The fraction of sp³-hybridized carbons (Fsp3) is 0.903. The summed E-state index contributed by atoms with van der Waals surface area (Å²) in [7, 11) is 5.94. The highest BCUT2D eigenvalue weighted by atomic mass is 16.7. The number of aliphatic carboxylic acids is 1. The van der Waals surface area contributed by atoms with Crippen LogP contribution < -0.4 is 5.11 Å². The van der Waals surface area contributed by atoms with Gasteiger partial charge in [-0.2, -0.15) is 0 Å². The Labute approximate surface area is 503 Å². The van der Waals surface area contributed by atoms with Gasteiger partial charge in [-0.1, -0.05) is 308 Å². The Balaban J connectivity index is 4.06. The fourth-order valence-corrected chi connectivity index (χ4v) is 10.7. The first-order valence-corrected chi connectivity index (χ1v) is 35.5. The molecule has 0 saturated carbocycles. The number of carboxylic acid groups (broad SMARTS) is 1. The van der Waals surface area contributed by atoms with Crippen LogP contribution in [0.5, 0.6) is 0 Å². The molecule has 9 nitrogen and oxygen atoms in total. The highest BCUT2D eigenvalue weighted by Gasteiger charge is 2.22. The van der Waals surface area contributed by atoms with Crippen LogP contribution in [-0.4, -0.2) is 82.3 Å². The summed E-state index contributed by atoms with van der Waals surface area (Å²) in [6.45, 7) is 4.82. The minimum atomic E-state index is -1.62. The van der Waals surface area contributed by atoms with Gasteiger partial charge in [-0.3, -0.25) is 9.59 Å². The van der Waals surface area contributed by atoms with E-state index in [0.29, 0.717) is 17.4 Å². The van der Waals surface area contributed by atoms with E-state index in [1.165, 1.54) is 295 Å².